The zero-order chi connectivity index (χ0) is 11.7. The van der Waals surface area contributed by atoms with Crippen molar-refractivity contribution in [1.29, 1.82) is 0 Å². The van der Waals surface area contributed by atoms with E-state index in [0.717, 1.165) is 12.8 Å². The lowest BCUT2D eigenvalue weighted by molar-refractivity contribution is -0.548. The van der Waals surface area contributed by atoms with Gasteiger partial charge in [0.2, 0.25) is 5.79 Å². The molecule has 2 fully saturated rings. The second-order valence-electron chi connectivity index (χ2n) is 6.32. The Morgan fingerprint density at radius 3 is 2.31 bits per heavy atom. The van der Waals surface area contributed by atoms with Gasteiger partial charge in [0.1, 0.15) is 5.60 Å². The Bertz CT molecular complexity index is 362. The fraction of sp³-hybridized carbons (Fsp3) is 0.846. The molecule has 0 radical (unpaired) electrons. The van der Waals surface area contributed by atoms with Crippen LogP contribution in [0, 0.1) is 5.41 Å². The lowest BCUT2D eigenvalue weighted by atomic mass is 9.57. The molecule has 3 nitrogen and oxygen atoms in total. The van der Waals surface area contributed by atoms with Gasteiger partial charge in [0.05, 0.1) is 0 Å². The van der Waals surface area contributed by atoms with E-state index >= 15 is 0 Å². The molecule has 90 valence electrons. The molecule has 3 aliphatic heterocycles. The van der Waals surface area contributed by atoms with Crippen LogP contribution in [0.4, 0.5) is 0 Å². The zero-order valence-electron chi connectivity index (χ0n) is 10.5. The fourth-order valence-corrected chi connectivity index (χ4v) is 3.66. The predicted octanol–water partition coefficient (Wildman–Crippen LogP) is 2.96. The highest BCUT2D eigenvalue weighted by Gasteiger charge is 2.68. The van der Waals surface area contributed by atoms with E-state index in [2.05, 4.69) is 26.8 Å². The van der Waals surface area contributed by atoms with E-state index in [1.165, 1.54) is 6.42 Å². The molecule has 16 heavy (non-hydrogen) atoms. The molecule has 2 bridgehead atoms. The van der Waals surface area contributed by atoms with Crippen molar-refractivity contribution in [2.45, 2.75) is 63.9 Å². The highest BCUT2D eigenvalue weighted by atomic mass is 17.3. The first-order valence-corrected chi connectivity index (χ1v) is 6.10. The van der Waals surface area contributed by atoms with Gasteiger partial charge in [0.25, 0.3) is 0 Å². The lowest BCUT2D eigenvalue weighted by Crippen LogP contribution is -2.72. The van der Waals surface area contributed by atoms with Gasteiger partial charge >= 0.3 is 0 Å². The number of ether oxygens (including phenoxy) is 1. The van der Waals surface area contributed by atoms with Crippen molar-refractivity contribution in [1.82, 2.24) is 0 Å². The third-order valence-corrected chi connectivity index (χ3v) is 4.63. The van der Waals surface area contributed by atoms with Gasteiger partial charge < -0.3 is 4.74 Å². The van der Waals surface area contributed by atoms with Crippen molar-refractivity contribution in [3.05, 3.63) is 12.2 Å². The van der Waals surface area contributed by atoms with E-state index in [1.807, 2.05) is 13.0 Å². The Kier molecular flexibility index (Phi) is 1.82. The third kappa shape index (κ3) is 1.04. The summed E-state index contributed by atoms with van der Waals surface area (Å²) < 4.78 is 6.16. The molecule has 0 aromatic rings. The van der Waals surface area contributed by atoms with E-state index in [1.54, 1.807) is 0 Å². The summed E-state index contributed by atoms with van der Waals surface area (Å²) in [5.41, 5.74) is -0.662. The molecular formula is C13H20O3. The summed E-state index contributed by atoms with van der Waals surface area (Å²) in [4.78, 5) is 11.2. The number of hydrogen-bond acceptors (Lipinski definition) is 3. The van der Waals surface area contributed by atoms with Gasteiger partial charge in [-0.15, -0.1) is 0 Å². The molecule has 3 atom stereocenters. The van der Waals surface area contributed by atoms with E-state index in [0.29, 0.717) is 0 Å². The molecule has 3 heteroatoms. The quantitative estimate of drug-likeness (QED) is 0.467. The van der Waals surface area contributed by atoms with E-state index in [9.17, 15) is 0 Å². The minimum Gasteiger partial charge on any atom is -0.334 e. The van der Waals surface area contributed by atoms with E-state index in [-0.39, 0.29) is 11.0 Å². The Labute approximate surface area is 96.7 Å². The molecule has 1 saturated carbocycles. The molecule has 4 aliphatic rings. The van der Waals surface area contributed by atoms with Crippen LogP contribution in [0.15, 0.2) is 12.2 Å². The van der Waals surface area contributed by atoms with Gasteiger partial charge in [0, 0.05) is 5.41 Å². The zero-order valence-corrected chi connectivity index (χ0v) is 10.5. The second-order valence-corrected chi connectivity index (χ2v) is 6.32. The Morgan fingerprint density at radius 1 is 0.938 bits per heavy atom. The first kappa shape index (κ1) is 10.8. The highest BCUT2D eigenvalue weighted by Crippen LogP contribution is 2.60. The molecule has 1 spiro atoms. The maximum Gasteiger partial charge on any atom is 0.218 e. The van der Waals surface area contributed by atoms with Crippen LogP contribution in [-0.2, 0) is 14.5 Å². The Hall–Kier alpha value is -0.380. The average Bonchev–Trinajstić information content (AvgIpc) is 2.15. The summed E-state index contributed by atoms with van der Waals surface area (Å²) in [7, 11) is 0. The van der Waals surface area contributed by atoms with Crippen molar-refractivity contribution in [3.8, 4) is 0 Å². The van der Waals surface area contributed by atoms with Crippen LogP contribution in [0.1, 0.15) is 47.0 Å². The molecule has 3 heterocycles. The normalized spacial score (nSPS) is 53.8. The fourth-order valence-electron chi connectivity index (χ4n) is 3.66. The van der Waals surface area contributed by atoms with Crippen LogP contribution in [0.5, 0.6) is 0 Å². The highest BCUT2D eigenvalue weighted by molar-refractivity contribution is 5.27. The maximum absolute atomic E-state index is 6.16. The molecule has 0 N–H and O–H groups in total. The van der Waals surface area contributed by atoms with Crippen LogP contribution in [0.25, 0.3) is 0 Å². The van der Waals surface area contributed by atoms with Crippen LogP contribution >= 0.6 is 0 Å². The topological polar surface area (TPSA) is 27.7 Å². The number of hydrogen-bond donors (Lipinski definition) is 0. The molecule has 0 amide bonds. The summed E-state index contributed by atoms with van der Waals surface area (Å²) >= 11 is 0. The van der Waals surface area contributed by atoms with E-state index in [4.69, 9.17) is 14.5 Å². The maximum atomic E-state index is 6.16. The average molecular weight is 224 g/mol. The largest absolute Gasteiger partial charge is 0.334 e. The minimum absolute atomic E-state index is 0.0399. The van der Waals surface area contributed by atoms with Crippen molar-refractivity contribution >= 4 is 0 Å². The van der Waals surface area contributed by atoms with Gasteiger partial charge in [-0.25, -0.2) is 4.89 Å². The lowest BCUT2D eigenvalue weighted by Gasteiger charge is -2.64. The van der Waals surface area contributed by atoms with Crippen LogP contribution in [0.2, 0.25) is 0 Å². The minimum atomic E-state index is -0.704. The van der Waals surface area contributed by atoms with Gasteiger partial charge in [0.15, 0.2) is 5.60 Å². The van der Waals surface area contributed by atoms with Gasteiger partial charge in [-0.05, 0) is 45.3 Å². The van der Waals surface area contributed by atoms with Gasteiger partial charge in [-0.3, -0.25) is 0 Å². The molecule has 1 aliphatic carbocycles. The molecular weight excluding hydrogens is 204 g/mol. The van der Waals surface area contributed by atoms with Crippen molar-refractivity contribution in [2.75, 3.05) is 0 Å². The molecule has 1 unspecified atom stereocenters. The number of fused-ring (bicyclic) bond motifs is 1. The summed E-state index contributed by atoms with van der Waals surface area (Å²) in [6.07, 6.45) is 7.50. The second kappa shape index (κ2) is 2.71. The first-order chi connectivity index (χ1) is 7.33. The summed E-state index contributed by atoms with van der Waals surface area (Å²) in [5.74, 6) is -0.704. The smallest absolute Gasteiger partial charge is 0.218 e. The molecule has 0 aromatic heterocycles. The van der Waals surface area contributed by atoms with Gasteiger partial charge in [-0.2, -0.15) is 4.89 Å². The van der Waals surface area contributed by atoms with Crippen molar-refractivity contribution < 1.29 is 14.5 Å². The molecule has 0 aromatic carbocycles. The van der Waals surface area contributed by atoms with Crippen molar-refractivity contribution in [3.63, 3.8) is 0 Å². The van der Waals surface area contributed by atoms with Gasteiger partial charge in [-0.1, -0.05) is 13.8 Å². The standard InChI is InChI=1S/C13H20O3/c1-10(2)6-5-7-11(3)13(10)9-8-12(4,14-11)15-16-13/h8-9H,5-7H2,1-4H3/t11-,12?,13+/m0/s1. The Balaban J connectivity index is 2.16. The molecule has 1 saturated heterocycles. The third-order valence-electron chi connectivity index (χ3n) is 4.63. The first-order valence-electron chi connectivity index (χ1n) is 6.10. The van der Waals surface area contributed by atoms with E-state index < -0.39 is 11.4 Å². The SMILES string of the molecule is CC12C=C[C@@]3(OO1)C(C)(C)CCC[C@]3(C)O2. The van der Waals surface area contributed by atoms with Crippen LogP contribution in [-0.4, -0.2) is 17.0 Å². The molecule has 4 rings (SSSR count). The van der Waals surface area contributed by atoms with Crippen molar-refractivity contribution in [2.24, 2.45) is 5.41 Å². The Morgan fingerprint density at radius 2 is 1.69 bits per heavy atom. The summed E-state index contributed by atoms with van der Waals surface area (Å²) in [6, 6.07) is 0. The number of rotatable bonds is 0. The monoisotopic (exact) mass is 224 g/mol. The summed E-state index contributed by atoms with van der Waals surface area (Å²) in [5, 5.41) is 0. The van der Waals surface area contributed by atoms with Crippen LogP contribution < -0.4 is 0 Å². The van der Waals surface area contributed by atoms with Crippen LogP contribution in [0.3, 0.4) is 0 Å². The summed E-state index contributed by atoms with van der Waals surface area (Å²) in [6.45, 7) is 8.52. The predicted molar refractivity (Wildman–Crippen MR) is 59.6 cm³/mol.